The molecule has 0 heterocycles. The number of rotatable bonds is 8. The van der Waals surface area contributed by atoms with Gasteiger partial charge in [0.2, 0.25) is 0 Å². The largest absolute Gasteiger partial charge is 0.396 e. The first kappa shape index (κ1) is 10.9. The molecule has 0 unspecified atom stereocenters. The maximum Gasteiger partial charge on any atom is 0.0431 e. The van der Waals surface area contributed by atoms with Gasteiger partial charge < -0.3 is 10.4 Å². The van der Waals surface area contributed by atoms with Crippen molar-refractivity contribution in [3.63, 3.8) is 0 Å². The lowest BCUT2D eigenvalue weighted by atomic mass is 10.2. The zero-order valence-corrected chi connectivity index (χ0v) is 7.60. The van der Waals surface area contributed by atoms with E-state index in [1.54, 1.807) is 0 Å². The Morgan fingerprint density at radius 1 is 1.00 bits per heavy atom. The van der Waals surface area contributed by atoms with Crippen molar-refractivity contribution in [3.8, 4) is 0 Å². The van der Waals surface area contributed by atoms with Crippen LogP contribution in [0.3, 0.4) is 0 Å². The molecule has 68 valence electrons. The summed E-state index contributed by atoms with van der Waals surface area (Å²) in [5, 5.41) is 11.9. The van der Waals surface area contributed by atoms with Crippen LogP contribution >= 0.6 is 0 Å². The van der Waals surface area contributed by atoms with Crippen molar-refractivity contribution in [2.24, 2.45) is 0 Å². The topological polar surface area (TPSA) is 32.3 Å². The molecule has 0 fully saturated rings. The molecule has 0 atom stereocenters. The molecule has 0 bridgehead atoms. The van der Waals surface area contributed by atoms with Gasteiger partial charge in [0.1, 0.15) is 0 Å². The zero-order chi connectivity index (χ0) is 8.36. The van der Waals surface area contributed by atoms with Crippen LogP contribution in [0, 0.1) is 0 Å². The Morgan fingerprint density at radius 3 is 2.36 bits per heavy atom. The molecule has 0 aliphatic carbocycles. The smallest absolute Gasteiger partial charge is 0.0431 e. The standard InChI is InChI=1S/C9H21NO/c1-2-3-7-10-8-5-4-6-9-11/h10-11H,2-9H2,1H3. The number of aliphatic hydroxyl groups excluding tert-OH is 1. The van der Waals surface area contributed by atoms with Gasteiger partial charge in [0, 0.05) is 6.61 Å². The van der Waals surface area contributed by atoms with E-state index in [0.717, 1.165) is 25.9 Å². The van der Waals surface area contributed by atoms with E-state index in [1.807, 2.05) is 0 Å². The summed E-state index contributed by atoms with van der Waals surface area (Å²) >= 11 is 0. The highest BCUT2D eigenvalue weighted by atomic mass is 16.2. The number of aliphatic hydroxyl groups is 1. The minimum absolute atomic E-state index is 0.342. The van der Waals surface area contributed by atoms with Crippen LogP contribution in [-0.4, -0.2) is 24.8 Å². The second kappa shape index (κ2) is 9.92. The maximum atomic E-state index is 8.49. The minimum atomic E-state index is 0.342. The molecule has 0 amide bonds. The highest BCUT2D eigenvalue weighted by Crippen LogP contribution is 1.92. The van der Waals surface area contributed by atoms with E-state index in [9.17, 15) is 0 Å². The first-order valence-electron chi connectivity index (χ1n) is 4.73. The third-order valence-corrected chi connectivity index (χ3v) is 1.72. The van der Waals surface area contributed by atoms with Crippen LogP contribution in [0.2, 0.25) is 0 Å². The summed E-state index contributed by atoms with van der Waals surface area (Å²) in [6, 6.07) is 0. The zero-order valence-electron chi connectivity index (χ0n) is 7.60. The van der Waals surface area contributed by atoms with E-state index in [-0.39, 0.29) is 0 Å². The predicted molar refractivity (Wildman–Crippen MR) is 48.7 cm³/mol. The highest BCUT2D eigenvalue weighted by Gasteiger charge is 1.87. The molecule has 0 aromatic rings. The van der Waals surface area contributed by atoms with Crippen molar-refractivity contribution in [1.29, 1.82) is 0 Å². The van der Waals surface area contributed by atoms with E-state index < -0.39 is 0 Å². The Morgan fingerprint density at radius 2 is 1.73 bits per heavy atom. The van der Waals surface area contributed by atoms with Gasteiger partial charge in [0.25, 0.3) is 0 Å². The Hall–Kier alpha value is -0.0800. The van der Waals surface area contributed by atoms with Gasteiger partial charge in [-0.2, -0.15) is 0 Å². The second-order valence-electron chi connectivity index (χ2n) is 2.89. The van der Waals surface area contributed by atoms with Gasteiger partial charge >= 0.3 is 0 Å². The van der Waals surface area contributed by atoms with Gasteiger partial charge in [-0.25, -0.2) is 0 Å². The molecule has 0 aliphatic rings. The van der Waals surface area contributed by atoms with Gasteiger partial charge in [-0.1, -0.05) is 13.3 Å². The molecular formula is C9H21NO. The lowest BCUT2D eigenvalue weighted by Crippen LogP contribution is -2.16. The quantitative estimate of drug-likeness (QED) is 0.526. The van der Waals surface area contributed by atoms with Gasteiger partial charge in [0.05, 0.1) is 0 Å². The van der Waals surface area contributed by atoms with E-state index in [1.165, 1.54) is 19.3 Å². The van der Waals surface area contributed by atoms with Crippen LogP contribution in [0.5, 0.6) is 0 Å². The normalized spacial score (nSPS) is 10.4. The fourth-order valence-electron chi connectivity index (χ4n) is 0.965. The Kier molecular flexibility index (Phi) is 9.85. The molecule has 0 spiro atoms. The van der Waals surface area contributed by atoms with E-state index in [4.69, 9.17) is 5.11 Å². The molecule has 0 aromatic carbocycles. The van der Waals surface area contributed by atoms with Crippen LogP contribution in [-0.2, 0) is 0 Å². The van der Waals surface area contributed by atoms with E-state index >= 15 is 0 Å². The molecule has 0 saturated heterocycles. The fraction of sp³-hybridized carbons (Fsp3) is 1.00. The van der Waals surface area contributed by atoms with Crippen molar-refractivity contribution in [3.05, 3.63) is 0 Å². The SMILES string of the molecule is CCCCNCCCCCO. The summed E-state index contributed by atoms with van der Waals surface area (Å²) in [6.45, 7) is 4.80. The minimum Gasteiger partial charge on any atom is -0.396 e. The number of unbranched alkanes of at least 4 members (excludes halogenated alkanes) is 3. The van der Waals surface area contributed by atoms with Crippen molar-refractivity contribution >= 4 is 0 Å². The van der Waals surface area contributed by atoms with Crippen LogP contribution in [0.1, 0.15) is 39.0 Å². The predicted octanol–water partition coefficient (Wildman–Crippen LogP) is 1.54. The number of nitrogens with one attached hydrogen (secondary N) is 1. The summed E-state index contributed by atoms with van der Waals surface area (Å²) in [5.41, 5.74) is 0. The molecule has 0 aliphatic heterocycles. The summed E-state index contributed by atoms with van der Waals surface area (Å²) < 4.78 is 0. The second-order valence-corrected chi connectivity index (χ2v) is 2.89. The molecule has 0 radical (unpaired) electrons. The third kappa shape index (κ3) is 9.92. The van der Waals surface area contributed by atoms with Crippen LogP contribution in [0.4, 0.5) is 0 Å². The van der Waals surface area contributed by atoms with E-state index in [0.29, 0.717) is 6.61 Å². The maximum absolute atomic E-state index is 8.49. The summed E-state index contributed by atoms with van der Waals surface area (Å²) in [6.07, 6.45) is 5.85. The Balaban J connectivity index is 2.69. The Labute approximate surface area is 70.0 Å². The lowest BCUT2D eigenvalue weighted by Gasteiger charge is -2.01. The lowest BCUT2D eigenvalue weighted by molar-refractivity contribution is 0.283. The van der Waals surface area contributed by atoms with E-state index in [2.05, 4.69) is 12.2 Å². The molecule has 2 nitrogen and oxygen atoms in total. The van der Waals surface area contributed by atoms with Crippen LogP contribution < -0.4 is 5.32 Å². The first-order valence-corrected chi connectivity index (χ1v) is 4.73. The van der Waals surface area contributed by atoms with Crippen LogP contribution in [0.15, 0.2) is 0 Å². The third-order valence-electron chi connectivity index (χ3n) is 1.72. The molecular weight excluding hydrogens is 138 g/mol. The summed E-state index contributed by atoms with van der Waals surface area (Å²) in [5.74, 6) is 0. The van der Waals surface area contributed by atoms with Crippen molar-refractivity contribution in [2.75, 3.05) is 19.7 Å². The Bertz CT molecular complexity index is 58.6. The van der Waals surface area contributed by atoms with Crippen molar-refractivity contribution < 1.29 is 5.11 Å². The van der Waals surface area contributed by atoms with Gasteiger partial charge in [-0.3, -0.25) is 0 Å². The number of hydrogen-bond donors (Lipinski definition) is 2. The van der Waals surface area contributed by atoms with Crippen molar-refractivity contribution in [1.82, 2.24) is 5.32 Å². The number of hydrogen-bond acceptors (Lipinski definition) is 2. The fourth-order valence-corrected chi connectivity index (χ4v) is 0.965. The summed E-state index contributed by atoms with van der Waals surface area (Å²) in [7, 11) is 0. The molecule has 2 N–H and O–H groups in total. The van der Waals surface area contributed by atoms with Crippen molar-refractivity contribution in [2.45, 2.75) is 39.0 Å². The molecule has 0 rings (SSSR count). The van der Waals surface area contributed by atoms with Crippen LogP contribution in [0.25, 0.3) is 0 Å². The van der Waals surface area contributed by atoms with Gasteiger partial charge in [-0.05, 0) is 38.8 Å². The molecule has 11 heavy (non-hydrogen) atoms. The first-order chi connectivity index (χ1) is 5.41. The highest BCUT2D eigenvalue weighted by molar-refractivity contribution is 4.47. The van der Waals surface area contributed by atoms with Gasteiger partial charge in [-0.15, -0.1) is 0 Å². The average molecular weight is 159 g/mol. The molecule has 0 aromatic heterocycles. The average Bonchev–Trinajstić information content (AvgIpc) is 2.03. The summed E-state index contributed by atoms with van der Waals surface area (Å²) in [4.78, 5) is 0. The van der Waals surface area contributed by atoms with Gasteiger partial charge in [0.15, 0.2) is 0 Å². The molecule has 2 heteroatoms. The molecule has 0 saturated carbocycles. The monoisotopic (exact) mass is 159 g/mol.